The van der Waals surface area contributed by atoms with Gasteiger partial charge in [0, 0.05) is 25.4 Å². The molecule has 6 heteroatoms. The van der Waals surface area contributed by atoms with Gasteiger partial charge >= 0.3 is 0 Å². The normalized spacial score (nSPS) is 13.2. The molecule has 2 N–H and O–H groups in total. The van der Waals surface area contributed by atoms with Gasteiger partial charge in [-0.2, -0.15) is 10.2 Å². The first-order valence-electron chi connectivity index (χ1n) is 6.19. The molecule has 0 bridgehead atoms. The zero-order chi connectivity index (χ0) is 13.1. The summed E-state index contributed by atoms with van der Waals surface area (Å²) >= 11 is 0. The van der Waals surface area contributed by atoms with Crippen molar-refractivity contribution in [1.82, 2.24) is 30.3 Å². The van der Waals surface area contributed by atoms with Crippen molar-refractivity contribution in [1.29, 1.82) is 0 Å². The van der Waals surface area contributed by atoms with Crippen LogP contribution < -0.4 is 5.32 Å². The molecule has 0 aliphatic heterocycles. The highest BCUT2D eigenvalue weighted by atomic mass is 15.3. The second kappa shape index (κ2) is 5.30. The maximum Gasteiger partial charge on any atom is 0.141 e. The molecule has 2 aromatic rings. The van der Waals surface area contributed by atoms with Crippen LogP contribution in [0.25, 0.3) is 0 Å². The fourth-order valence-corrected chi connectivity index (χ4v) is 1.96. The molecule has 98 valence electrons. The van der Waals surface area contributed by atoms with Gasteiger partial charge in [0.25, 0.3) is 0 Å². The molecule has 0 aromatic carbocycles. The summed E-state index contributed by atoms with van der Waals surface area (Å²) < 4.78 is 1.87. The molecule has 0 spiro atoms. The van der Waals surface area contributed by atoms with Crippen molar-refractivity contribution in [3.63, 3.8) is 0 Å². The van der Waals surface area contributed by atoms with Crippen LogP contribution in [0.4, 0.5) is 0 Å². The summed E-state index contributed by atoms with van der Waals surface area (Å²) in [5, 5.41) is 14.6. The van der Waals surface area contributed by atoms with Gasteiger partial charge < -0.3 is 5.32 Å². The molecule has 1 atom stereocenters. The minimum Gasteiger partial charge on any atom is -0.303 e. The monoisotopic (exact) mass is 248 g/mol. The summed E-state index contributed by atoms with van der Waals surface area (Å²) in [5.74, 6) is 1.29. The largest absolute Gasteiger partial charge is 0.303 e. The topological polar surface area (TPSA) is 71.4 Å². The quantitative estimate of drug-likeness (QED) is 0.841. The maximum absolute atomic E-state index is 4.49. The highest BCUT2D eigenvalue weighted by molar-refractivity contribution is 5.20. The summed E-state index contributed by atoms with van der Waals surface area (Å²) in [6.07, 6.45) is 3.59. The molecule has 0 radical (unpaired) electrons. The second-order valence-corrected chi connectivity index (χ2v) is 4.84. The molecule has 18 heavy (non-hydrogen) atoms. The Morgan fingerprint density at radius 1 is 1.39 bits per heavy atom. The molecule has 1 unspecified atom stereocenters. The van der Waals surface area contributed by atoms with Gasteiger partial charge in [0.1, 0.15) is 12.2 Å². The van der Waals surface area contributed by atoms with Crippen LogP contribution in [-0.2, 0) is 13.6 Å². The van der Waals surface area contributed by atoms with Crippen LogP contribution in [-0.4, -0.2) is 25.0 Å². The summed E-state index contributed by atoms with van der Waals surface area (Å²) in [4.78, 5) is 4.14. The minimum absolute atomic E-state index is 0.146. The predicted molar refractivity (Wildman–Crippen MR) is 68.9 cm³/mol. The first-order valence-corrected chi connectivity index (χ1v) is 6.19. The van der Waals surface area contributed by atoms with Crippen molar-refractivity contribution < 1.29 is 0 Å². The van der Waals surface area contributed by atoms with E-state index in [1.54, 1.807) is 0 Å². The van der Waals surface area contributed by atoms with Crippen LogP contribution >= 0.6 is 0 Å². The van der Waals surface area contributed by atoms with Crippen molar-refractivity contribution in [3.8, 4) is 0 Å². The van der Waals surface area contributed by atoms with Crippen LogP contribution in [0.2, 0.25) is 0 Å². The third-order valence-electron chi connectivity index (χ3n) is 2.93. The highest BCUT2D eigenvalue weighted by Gasteiger charge is 2.13. The molecule has 2 rings (SSSR count). The number of hydrogen-bond acceptors (Lipinski definition) is 4. The van der Waals surface area contributed by atoms with E-state index < -0.39 is 0 Å². The molecule has 2 aromatic heterocycles. The lowest BCUT2D eigenvalue weighted by molar-refractivity contribution is 0.545. The first kappa shape index (κ1) is 12.8. The van der Waals surface area contributed by atoms with Crippen LogP contribution in [0.1, 0.15) is 49.8 Å². The number of nitrogens with one attached hydrogen (secondary N) is 2. The van der Waals surface area contributed by atoms with Gasteiger partial charge in [-0.15, -0.1) is 0 Å². The number of aromatic nitrogens is 5. The predicted octanol–water partition coefficient (Wildman–Crippen LogP) is 1.51. The van der Waals surface area contributed by atoms with Crippen molar-refractivity contribution >= 4 is 0 Å². The molecule has 0 aliphatic rings. The molecule has 6 nitrogen and oxygen atoms in total. The van der Waals surface area contributed by atoms with E-state index in [0.717, 1.165) is 18.1 Å². The Kier molecular flexibility index (Phi) is 3.76. The molecule has 0 saturated heterocycles. The third kappa shape index (κ3) is 2.76. The first-order chi connectivity index (χ1) is 8.58. The Morgan fingerprint density at radius 3 is 2.78 bits per heavy atom. The van der Waals surface area contributed by atoms with E-state index in [0.29, 0.717) is 5.92 Å². The second-order valence-electron chi connectivity index (χ2n) is 4.84. The number of H-pyrrole nitrogens is 1. The molecule has 0 aliphatic carbocycles. The van der Waals surface area contributed by atoms with Crippen molar-refractivity contribution in [3.05, 3.63) is 29.6 Å². The van der Waals surface area contributed by atoms with E-state index in [1.807, 2.05) is 11.7 Å². The third-order valence-corrected chi connectivity index (χ3v) is 2.93. The van der Waals surface area contributed by atoms with E-state index in [2.05, 4.69) is 52.6 Å². The van der Waals surface area contributed by atoms with E-state index >= 15 is 0 Å². The van der Waals surface area contributed by atoms with Crippen LogP contribution in [0.3, 0.4) is 0 Å². The van der Waals surface area contributed by atoms with Crippen LogP contribution in [0.5, 0.6) is 0 Å². The van der Waals surface area contributed by atoms with E-state index in [9.17, 15) is 0 Å². The summed E-state index contributed by atoms with van der Waals surface area (Å²) in [5.41, 5.74) is 2.38. The molecular formula is C12H20N6. The van der Waals surface area contributed by atoms with Crippen LogP contribution in [0, 0.1) is 0 Å². The SMILES string of the molecule is CC(C)c1nn(C)cc1CNC(C)c1ncn[nH]1. The van der Waals surface area contributed by atoms with Gasteiger partial charge in [-0.25, -0.2) is 4.98 Å². The summed E-state index contributed by atoms with van der Waals surface area (Å²) in [6, 6.07) is 0.146. The average Bonchev–Trinajstić information content (AvgIpc) is 2.94. The van der Waals surface area contributed by atoms with Crippen molar-refractivity contribution in [2.24, 2.45) is 7.05 Å². The van der Waals surface area contributed by atoms with Crippen LogP contribution in [0.15, 0.2) is 12.5 Å². The Balaban J connectivity index is 2.02. The molecule has 0 amide bonds. The number of aromatic amines is 1. The number of rotatable bonds is 5. The highest BCUT2D eigenvalue weighted by Crippen LogP contribution is 2.18. The van der Waals surface area contributed by atoms with Gasteiger partial charge in [-0.3, -0.25) is 9.78 Å². The molecule has 2 heterocycles. The lowest BCUT2D eigenvalue weighted by Crippen LogP contribution is -2.19. The van der Waals surface area contributed by atoms with E-state index in [-0.39, 0.29) is 6.04 Å². The summed E-state index contributed by atoms with van der Waals surface area (Å²) in [6.45, 7) is 7.16. The maximum atomic E-state index is 4.49. The zero-order valence-corrected chi connectivity index (χ0v) is 11.3. The zero-order valence-electron chi connectivity index (χ0n) is 11.3. The molecule has 0 fully saturated rings. The number of hydrogen-bond donors (Lipinski definition) is 2. The average molecular weight is 248 g/mol. The van der Waals surface area contributed by atoms with Gasteiger partial charge in [-0.1, -0.05) is 13.8 Å². The van der Waals surface area contributed by atoms with Gasteiger partial charge in [0.2, 0.25) is 0 Å². The van der Waals surface area contributed by atoms with E-state index in [4.69, 9.17) is 0 Å². The van der Waals surface area contributed by atoms with Gasteiger partial charge in [0.15, 0.2) is 0 Å². The van der Waals surface area contributed by atoms with Crippen molar-refractivity contribution in [2.75, 3.05) is 0 Å². The van der Waals surface area contributed by atoms with Gasteiger partial charge in [0.05, 0.1) is 11.7 Å². The lowest BCUT2D eigenvalue weighted by atomic mass is 10.1. The number of aryl methyl sites for hydroxylation is 1. The minimum atomic E-state index is 0.146. The Labute approximate surface area is 107 Å². The smallest absolute Gasteiger partial charge is 0.141 e. The van der Waals surface area contributed by atoms with Crippen molar-refractivity contribution in [2.45, 2.75) is 39.3 Å². The lowest BCUT2D eigenvalue weighted by Gasteiger charge is -2.11. The molecular weight excluding hydrogens is 228 g/mol. The Hall–Kier alpha value is -1.69. The Morgan fingerprint density at radius 2 is 2.17 bits per heavy atom. The standard InChI is InChI=1S/C12H20N6/c1-8(2)11-10(6-18(4)17-11)5-13-9(3)12-14-7-15-16-12/h6-9,13H,5H2,1-4H3,(H,14,15,16). The number of nitrogens with zero attached hydrogens (tertiary/aromatic N) is 4. The fourth-order valence-electron chi connectivity index (χ4n) is 1.96. The van der Waals surface area contributed by atoms with Gasteiger partial charge in [-0.05, 0) is 12.8 Å². The van der Waals surface area contributed by atoms with E-state index in [1.165, 1.54) is 11.9 Å². The Bertz CT molecular complexity index is 485. The fraction of sp³-hybridized carbons (Fsp3) is 0.583. The molecule has 0 saturated carbocycles. The summed E-state index contributed by atoms with van der Waals surface area (Å²) in [7, 11) is 1.95.